The van der Waals surface area contributed by atoms with Crippen molar-refractivity contribution in [2.24, 2.45) is 7.05 Å². The summed E-state index contributed by atoms with van der Waals surface area (Å²) in [7, 11) is 1.82. The van der Waals surface area contributed by atoms with Crippen molar-refractivity contribution in [3.8, 4) is 0 Å². The summed E-state index contributed by atoms with van der Waals surface area (Å²) < 4.78 is 1.65. The number of hydrogen-bond donors (Lipinski definition) is 1. The lowest BCUT2D eigenvalue weighted by Gasteiger charge is -2.33. The number of nitrogens with one attached hydrogen (secondary N) is 1. The maximum absolute atomic E-state index is 12.0. The number of carbonyl (C=O) groups is 1. The van der Waals surface area contributed by atoms with Gasteiger partial charge in [0, 0.05) is 38.9 Å². The third kappa shape index (κ3) is 2.02. The molecule has 1 atom stereocenters. The molecule has 0 spiro atoms. The summed E-state index contributed by atoms with van der Waals surface area (Å²) in [6.07, 6.45) is 1.79. The normalized spacial score (nSPS) is 21.7. The fourth-order valence-electron chi connectivity index (χ4n) is 1.82. The number of carbonyl (C=O) groups excluding carboxylic acids is 1. The summed E-state index contributed by atoms with van der Waals surface area (Å²) in [4.78, 5) is 13.9. The van der Waals surface area contributed by atoms with Gasteiger partial charge in [0.2, 0.25) is 0 Å². The van der Waals surface area contributed by atoms with Crippen molar-refractivity contribution in [2.45, 2.75) is 13.0 Å². The molecule has 1 amide bonds. The van der Waals surface area contributed by atoms with Crippen LogP contribution >= 0.6 is 0 Å². The lowest BCUT2D eigenvalue weighted by molar-refractivity contribution is 0.0649. The van der Waals surface area contributed by atoms with Gasteiger partial charge in [0.1, 0.15) is 5.69 Å². The van der Waals surface area contributed by atoms with Gasteiger partial charge in [-0.25, -0.2) is 0 Å². The zero-order valence-corrected chi connectivity index (χ0v) is 9.10. The number of rotatable bonds is 1. The first-order chi connectivity index (χ1) is 7.18. The van der Waals surface area contributed by atoms with Crippen molar-refractivity contribution in [1.82, 2.24) is 20.0 Å². The summed E-state index contributed by atoms with van der Waals surface area (Å²) >= 11 is 0. The van der Waals surface area contributed by atoms with Crippen LogP contribution in [-0.2, 0) is 7.05 Å². The van der Waals surface area contributed by atoms with Crippen molar-refractivity contribution in [3.63, 3.8) is 0 Å². The molecule has 0 bridgehead atoms. The highest BCUT2D eigenvalue weighted by molar-refractivity contribution is 5.92. The first kappa shape index (κ1) is 10.2. The van der Waals surface area contributed by atoms with Gasteiger partial charge in [-0.2, -0.15) is 5.10 Å². The fourth-order valence-corrected chi connectivity index (χ4v) is 1.82. The van der Waals surface area contributed by atoms with E-state index in [9.17, 15) is 4.79 Å². The van der Waals surface area contributed by atoms with Crippen LogP contribution < -0.4 is 5.32 Å². The predicted molar refractivity (Wildman–Crippen MR) is 56.6 cm³/mol. The number of aromatic nitrogens is 2. The Morgan fingerprint density at radius 1 is 1.67 bits per heavy atom. The van der Waals surface area contributed by atoms with Gasteiger partial charge in [0.15, 0.2) is 0 Å². The third-order valence-electron chi connectivity index (χ3n) is 2.69. The number of nitrogens with zero attached hydrogens (tertiary/aromatic N) is 3. The second-order valence-electron chi connectivity index (χ2n) is 3.93. The SMILES string of the molecule is C[C@@H]1CNCCN1C(=O)c1ccn(C)n1. The van der Waals surface area contributed by atoms with E-state index >= 15 is 0 Å². The monoisotopic (exact) mass is 208 g/mol. The largest absolute Gasteiger partial charge is 0.332 e. The summed E-state index contributed by atoms with van der Waals surface area (Å²) in [5.41, 5.74) is 0.534. The van der Waals surface area contributed by atoms with Gasteiger partial charge in [-0.3, -0.25) is 9.48 Å². The Kier molecular flexibility index (Phi) is 2.73. The number of aryl methyl sites for hydroxylation is 1. The van der Waals surface area contributed by atoms with Crippen LogP contribution in [0.2, 0.25) is 0 Å². The van der Waals surface area contributed by atoms with E-state index in [0.29, 0.717) is 5.69 Å². The van der Waals surface area contributed by atoms with Crippen LogP contribution in [0.4, 0.5) is 0 Å². The van der Waals surface area contributed by atoms with Crippen molar-refractivity contribution >= 4 is 5.91 Å². The van der Waals surface area contributed by atoms with E-state index in [2.05, 4.69) is 10.4 Å². The Morgan fingerprint density at radius 3 is 3.07 bits per heavy atom. The summed E-state index contributed by atoms with van der Waals surface area (Å²) in [6, 6.07) is 2.00. The van der Waals surface area contributed by atoms with Gasteiger partial charge in [-0.15, -0.1) is 0 Å². The molecule has 5 nitrogen and oxygen atoms in total. The van der Waals surface area contributed by atoms with Gasteiger partial charge in [0.25, 0.3) is 5.91 Å². The quantitative estimate of drug-likeness (QED) is 0.698. The van der Waals surface area contributed by atoms with Gasteiger partial charge in [-0.05, 0) is 13.0 Å². The maximum Gasteiger partial charge on any atom is 0.274 e. The van der Waals surface area contributed by atoms with Crippen LogP contribution in [0.25, 0.3) is 0 Å². The lowest BCUT2D eigenvalue weighted by Crippen LogP contribution is -2.52. The highest BCUT2D eigenvalue weighted by atomic mass is 16.2. The van der Waals surface area contributed by atoms with Crippen molar-refractivity contribution in [2.75, 3.05) is 19.6 Å². The smallest absolute Gasteiger partial charge is 0.274 e. The van der Waals surface area contributed by atoms with Crippen LogP contribution in [0.1, 0.15) is 17.4 Å². The number of hydrogen-bond acceptors (Lipinski definition) is 3. The zero-order chi connectivity index (χ0) is 10.8. The molecule has 0 radical (unpaired) electrons. The minimum Gasteiger partial charge on any atom is -0.332 e. The Bertz CT molecular complexity index is 360. The molecule has 5 heteroatoms. The molecule has 1 aromatic rings. The van der Waals surface area contributed by atoms with Gasteiger partial charge < -0.3 is 10.2 Å². The van der Waals surface area contributed by atoms with E-state index in [4.69, 9.17) is 0 Å². The second kappa shape index (κ2) is 4.02. The molecule has 82 valence electrons. The number of amides is 1. The van der Waals surface area contributed by atoms with Gasteiger partial charge >= 0.3 is 0 Å². The zero-order valence-electron chi connectivity index (χ0n) is 9.10. The summed E-state index contributed by atoms with van der Waals surface area (Å²) in [5.74, 6) is 0.0320. The minimum atomic E-state index is 0.0320. The van der Waals surface area contributed by atoms with E-state index < -0.39 is 0 Å². The molecular formula is C10H16N4O. The molecule has 1 saturated heterocycles. The summed E-state index contributed by atoms with van der Waals surface area (Å²) in [6.45, 7) is 4.53. The van der Waals surface area contributed by atoms with E-state index in [1.54, 1.807) is 16.9 Å². The average molecular weight is 208 g/mol. The molecule has 1 aromatic heterocycles. The molecule has 2 heterocycles. The molecule has 15 heavy (non-hydrogen) atoms. The van der Waals surface area contributed by atoms with Crippen LogP contribution in [0.15, 0.2) is 12.3 Å². The molecule has 0 saturated carbocycles. The van der Waals surface area contributed by atoms with Crippen LogP contribution in [0.5, 0.6) is 0 Å². The second-order valence-corrected chi connectivity index (χ2v) is 3.93. The van der Waals surface area contributed by atoms with E-state index in [1.165, 1.54) is 0 Å². The van der Waals surface area contributed by atoms with Crippen LogP contribution in [0.3, 0.4) is 0 Å². The molecular weight excluding hydrogens is 192 g/mol. The predicted octanol–water partition coefficient (Wildman–Crippen LogP) is -0.146. The highest BCUT2D eigenvalue weighted by Gasteiger charge is 2.25. The van der Waals surface area contributed by atoms with Gasteiger partial charge in [0.05, 0.1) is 0 Å². The van der Waals surface area contributed by atoms with Crippen molar-refractivity contribution in [1.29, 1.82) is 0 Å². The van der Waals surface area contributed by atoms with E-state index in [-0.39, 0.29) is 11.9 Å². The maximum atomic E-state index is 12.0. The van der Waals surface area contributed by atoms with Crippen LogP contribution in [0, 0.1) is 0 Å². The highest BCUT2D eigenvalue weighted by Crippen LogP contribution is 2.08. The Hall–Kier alpha value is -1.36. The fraction of sp³-hybridized carbons (Fsp3) is 0.600. The molecule has 1 aliphatic heterocycles. The Labute approximate surface area is 89.1 Å². The molecule has 1 fully saturated rings. The number of piperazine rings is 1. The molecule has 2 rings (SSSR count). The average Bonchev–Trinajstić information content (AvgIpc) is 2.65. The van der Waals surface area contributed by atoms with E-state index in [1.807, 2.05) is 18.9 Å². The Morgan fingerprint density at radius 2 is 2.47 bits per heavy atom. The topological polar surface area (TPSA) is 50.2 Å². The first-order valence-corrected chi connectivity index (χ1v) is 5.20. The third-order valence-corrected chi connectivity index (χ3v) is 2.69. The van der Waals surface area contributed by atoms with Crippen molar-refractivity contribution in [3.05, 3.63) is 18.0 Å². The van der Waals surface area contributed by atoms with Crippen LogP contribution in [-0.4, -0.2) is 46.3 Å². The molecule has 0 aromatic carbocycles. The molecule has 0 aliphatic carbocycles. The van der Waals surface area contributed by atoms with Crippen molar-refractivity contribution < 1.29 is 4.79 Å². The lowest BCUT2D eigenvalue weighted by atomic mass is 10.2. The summed E-state index contributed by atoms with van der Waals surface area (Å²) in [5, 5.41) is 7.38. The van der Waals surface area contributed by atoms with E-state index in [0.717, 1.165) is 19.6 Å². The molecule has 1 aliphatic rings. The molecule has 0 unspecified atom stereocenters. The van der Waals surface area contributed by atoms with Gasteiger partial charge in [-0.1, -0.05) is 0 Å². The molecule has 1 N–H and O–H groups in total. The minimum absolute atomic E-state index is 0.0320. The standard InChI is InChI=1S/C10H16N4O/c1-8-7-11-4-6-14(8)10(15)9-3-5-13(2)12-9/h3,5,8,11H,4,6-7H2,1-2H3/t8-/m1/s1. The first-order valence-electron chi connectivity index (χ1n) is 5.20. The Balaban J connectivity index is 2.13.